The molecule has 2 heterocycles. The first-order valence-corrected chi connectivity index (χ1v) is 7.52. The van der Waals surface area contributed by atoms with Crippen molar-refractivity contribution in [3.63, 3.8) is 0 Å². The lowest BCUT2D eigenvalue weighted by atomic mass is 10.2. The molecule has 0 saturated carbocycles. The Balaban J connectivity index is 1.61. The van der Waals surface area contributed by atoms with Crippen molar-refractivity contribution in [1.29, 1.82) is 0 Å². The lowest BCUT2D eigenvalue weighted by molar-refractivity contribution is 0.166. The number of urea groups is 1. The minimum Gasteiger partial charge on any atom is -0.394 e. The molecular weight excluding hydrogens is 280 g/mol. The smallest absolute Gasteiger partial charge is 0.323 e. The highest BCUT2D eigenvalue weighted by Crippen LogP contribution is 2.18. The SMILES string of the molecule is O=C(Nc1ccn(Cc2ccccc2)n1)N1CCC[C@H]1CO. The van der Waals surface area contributed by atoms with Crippen LogP contribution in [0.3, 0.4) is 0 Å². The number of aliphatic hydroxyl groups is 1. The van der Waals surface area contributed by atoms with Crippen molar-refractivity contribution >= 4 is 11.8 Å². The molecule has 0 spiro atoms. The number of nitrogens with zero attached hydrogens (tertiary/aromatic N) is 3. The number of anilines is 1. The first-order valence-electron chi connectivity index (χ1n) is 7.52. The van der Waals surface area contributed by atoms with Gasteiger partial charge in [0, 0.05) is 18.8 Å². The molecule has 2 aromatic rings. The molecule has 6 heteroatoms. The number of hydrogen-bond donors (Lipinski definition) is 2. The molecule has 6 nitrogen and oxygen atoms in total. The Hall–Kier alpha value is -2.34. The summed E-state index contributed by atoms with van der Waals surface area (Å²) in [6.07, 6.45) is 3.63. The molecular formula is C16H20N4O2. The van der Waals surface area contributed by atoms with Crippen LogP contribution in [0.1, 0.15) is 18.4 Å². The van der Waals surface area contributed by atoms with Gasteiger partial charge in [-0.1, -0.05) is 30.3 Å². The Morgan fingerprint density at radius 1 is 1.32 bits per heavy atom. The molecule has 0 bridgehead atoms. The Morgan fingerprint density at radius 3 is 2.91 bits per heavy atom. The largest absolute Gasteiger partial charge is 0.394 e. The van der Waals surface area contributed by atoms with Crippen molar-refractivity contribution in [3.8, 4) is 0 Å². The fourth-order valence-corrected chi connectivity index (χ4v) is 2.76. The number of nitrogens with one attached hydrogen (secondary N) is 1. The number of hydrogen-bond acceptors (Lipinski definition) is 3. The summed E-state index contributed by atoms with van der Waals surface area (Å²) < 4.78 is 1.79. The fourth-order valence-electron chi connectivity index (χ4n) is 2.76. The van der Waals surface area contributed by atoms with Crippen LogP contribution in [0.25, 0.3) is 0 Å². The third kappa shape index (κ3) is 3.28. The molecule has 1 aliphatic rings. The maximum atomic E-state index is 12.2. The monoisotopic (exact) mass is 300 g/mol. The predicted molar refractivity (Wildman–Crippen MR) is 83.6 cm³/mol. The summed E-state index contributed by atoms with van der Waals surface area (Å²) in [6.45, 7) is 1.36. The van der Waals surface area contributed by atoms with E-state index in [9.17, 15) is 9.90 Å². The Labute approximate surface area is 129 Å². The number of rotatable bonds is 4. The van der Waals surface area contributed by atoms with E-state index in [4.69, 9.17) is 0 Å². The summed E-state index contributed by atoms with van der Waals surface area (Å²) in [6, 6.07) is 11.5. The van der Waals surface area contributed by atoms with Crippen LogP contribution in [0.15, 0.2) is 42.6 Å². The van der Waals surface area contributed by atoms with Crippen LogP contribution in [0.4, 0.5) is 10.6 Å². The van der Waals surface area contributed by atoms with Crippen LogP contribution < -0.4 is 5.32 Å². The van der Waals surface area contributed by atoms with E-state index in [1.54, 1.807) is 15.6 Å². The van der Waals surface area contributed by atoms with E-state index in [-0.39, 0.29) is 18.7 Å². The highest BCUT2D eigenvalue weighted by atomic mass is 16.3. The zero-order chi connectivity index (χ0) is 15.4. The second-order valence-corrected chi connectivity index (χ2v) is 5.49. The summed E-state index contributed by atoms with van der Waals surface area (Å²) in [7, 11) is 0. The minimum atomic E-state index is -0.193. The van der Waals surface area contributed by atoms with Gasteiger partial charge in [0.1, 0.15) is 0 Å². The number of carbonyl (C=O) groups is 1. The van der Waals surface area contributed by atoms with Gasteiger partial charge in [-0.05, 0) is 18.4 Å². The van der Waals surface area contributed by atoms with Gasteiger partial charge in [-0.3, -0.25) is 10.00 Å². The summed E-state index contributed by atoms with van der Waals surface area (Å²) in [5.41, 5.74) is 1.16. The highest BCUT2D eigenvalue weighted by molar-refractivity contribution is 5.88. The van der Waals surface area contributed by atoms with Crippen molar-refractivity contribution in [2.75, 3.05) is 18.5 Å². The molecule has 1 aromatic heterocycles. The number of likely N-dealkylation sites (tertiary alicyclic amines) is 1. The van der Waals surface area contributed by atoms with E-state index in [1.807, 2.05) is 36.5 Å². The average molecular weight is 300 g/mol. The third-order valence-electron chi connectivity index (χ3n) is 3.91. The van der Waals surface area contributed by atoms with Crippen molar-refractivity contribution in [2.45, 2.75) is 25.4 Å². The number of amides is 2. The van der Waals surface area contributed by atoms with Crippen LogP contribution in [0.2, 0.25) is 0 Å². The molecule has 0 radical (unpaired) electrons. The Bertz CT molecular complexity index is 626. The summed E-state index contributed by atoms with van der Waals surface area (Å²) in [5, 5.41) is 16.4. The first-order chi connectivity index (χ1) is 10.8. The quantitative estimate of drug-likeness (QED) is 0.906. The molecule has 0 unspecified atom stereocenters. The van der Waals surface area contributed by atoms with Crippen molar-refractivity contribution in [3.05, 3.63) is 48.2 Å². The first kappa shape index (κ1) is 14.6. The van der Waals surface area contributed by atoms with Crippen LogP contribution >= 0.6 is 0 Å². The molecule has 1 aromatic carbocycles. The van der Waals surface area contributed by atoms with Crippen molar-refractivity contribution in [2.24, 2.45) is 0 Å². The molecule has 3 rings (SSSR count). The lowest BCUT2D eigenvalue weighted by Crippen LogP contribution is -2.40. The molecule has 1 saturated heterocycles. The standard InChI is InChI=1S/C16H20N4O2/c21-12-14-7-4-9-20(14)16(22)17-15-8-10-19(18-15)11-13-5-2-1-3-6-13/h1-3,5-6,8,10,14,21H,4,7,9,11-12H2,(H,17,18,22)/t14-/m0/s1. The molecule has 0 aliphatic carbocycles. The van der Waals surface area contributed by atoms with E-state index >= 15 is 0 Å². The van der Waals surface area contributed by atoms with Crippen molar-refractivity contribution in [1.82, 2.24) is 14.7 Å². The van der Waals surface area contributed by atoms with Gasteiger partial charge in [-0.25, -0.2) is 4.79 Å². The van der Waals surface area contributed by atoms with Gasteiger partial charge in [0.25, 0.3) is 0 Å². The molecule has 1 aliphatic heterocycles. The molecule has 1 atom stereocenters. The zero-order valence-corrected chi connectivity index (χ0v) is 12.4. The zero-order valence-electron chi connectivity index (χ0n) is 12.4. The van der Waals surface area contributed by atoms with Gasteiger partial charge < -0.3 is 10.0 Å². The molecule has 22 heavy (non-hydrogen) atoms. The number of carbonyl (C=O) groups excluding carboxylic acids is 1. The average Bonchev–Trinajstić information content (AvgIpc) is 3.17. The second-order valence-electron chi connectivity index (χ2n) is 5.49. The van der Waals surface area contributed by atoms with Crippen LogP contribution in [-0.2, 0) is 6.54 Å². The maximum Gasteiger partial charge on any atom is 0.323 e. The number of benzene rings is 1. The predicted octanol–water partition coefficient (Wildman–Crippen LogP) is 1.92. The van der Waals surface area contributed by atoms with Crippen LogP contribution in [-0.4, -0.2) is 45.0 Å². The van der Waals surface area contributed by atoms with Gasteiger partial charge in [0.15, 0.2) is 5.82 Å². The summed E-state index contributed by atoms with van der Waals surface area (Å²) >= 11 is 0. The normalized spacial score (nSPS) is 17.7. The van der Waals surface area contributed by atoms with Gasteiger partial charge in [-0.15, -0.1) is 0 Å². The summed E-state index contributed by atoms with van der Waals surface area (Å²) in [5.74, 6) is 0.532. The van der Waals surface area contributed by atoms with E-state index < -0.39 is 0 Å². The number of aromatic nitrogens is 2. The van der Waals surface area contributed by atoms with Gasteiger partial charge >= 0.3 is 6.03 Å². The Morgan fingerprint density at radius 2 is 2.14 bits per heavy atom. The van der Waals surface area contributed by atoms with E-state index in [2.05, 4.69) is 10.4 Å². The second kappa shape index (κ2) is 6.62. The summed E-state index contributed by atoms with van der Waals surface area (Å²) in [4.78, 5) is 13.9. The Kier molecular flexibility index (Phi) is 4.39. The maximum absolute atomic E-state index is 12.2. The molecule has 2 N–H and O–H groups in total. The van der Waals surface area contributed by atoms with Gasteiger partial charge in [0.2, 0.25) is 0 Å². The minimum absolute atomic E-state index is 0.00979. The number of aliphatic hydroxyl groups excluding tert-OH is 1. The lowest BCUT2D eigenvalue weighted by Gasteiger charge is -2.22. The van der Waals surface area contributed by atoms with Gasteiger partial charge in [-0.2, -0.15) is 5.10 Å². The fraction of sp³-hybridized carbons (Fsp3) is 0.375. The van der Waals surface area contributed by atoms with Crippen LogP contribution in [0, 0.1) is 0 Å². The van der Waals surface area contributed by atoms with E-state index in [0.29, 0.717) is 18.9 Å². The highest BCUT2D eigenvalue weighted by Gasteiger charge is 2.28. The molecule has 1 fully saturated rings. The van der Waals surface area contributed by atoms with Crippen LogP contribution in [0.5, 0.6) is 0 Å². The van der Waals surface area contributed by atoms with E-state index in [0.717, 1.165) is 18.4 Å². The molecule has 2 amide bonds. The topological polar surface area (TPSA) is 70.4 Å². The third-order valence-corrected chi connectivity index (χ3v) is 3.91. The van der Waals surface area contributed by atoms with Crippen molar-refractivity contribution < 1.29 is 9.90 Å². The van der Waals surface area contributed by atoms with E-state index in [1.165, 1.54) is 0 Å². The molecule has 116 valence electrons. The van der Waals surface area contributed by atoms with Gasteiger partial charge in [0.05, 0.1) is 19.2 Å².